The number of nitrogens with one attached hydrogen (secondary N) is 1. The SMILES string of the molecule is CC(C)(C)Cc1nnc(CNC2CC2)s1. The van der Waals surface area contributed by atoms with Gasteiger partial charge in [-0.25, -0.2) is 0 Å². The minimum absolute atomic E-state index is 0.306. The van der Waals surface area contributed by atoms with Crippen LogP contribution in [0, 0.1) is 5.41 Å². The molecular formula is C11H19N3S. The van der Waals surface area contributed by atoms with Crippen LogP contribution in [0.1, 0.15) is 43.6 Å². The summed E-state index contributed by atoms with van der Waals surface area (Å²) in [5.41, 5.74) is 0.306. The van der Waals surface area contributed by atoms with E-state index in [-0.39, 0.29) is 0 Å². The maximum atomic E-state index is 4.23. The topological polar surface area (TPSA) is 37.8 Å². The van der Waals surface area contributed by atoms with E-state index in [2.05, 4.69) is 36.3 Å². The van der Waals surface area contributed by atoms with Gasteiger partial charge >= 0.3 is 0 Å². The standard InChI is InChI=1S/C11H19N3S/c1-11(2,3)6-9-13-14-10(15-9)7-12-8-4-5-8/h8,12H,4-7H2,1-3H3. The van der Waals surface area contributed by atoms with Crippen molar-refractivity contribution in [2.75, 3.05) is 0 Å². The van der Waals surface area contributed by atoms with Crippen LogP contribution in [-0.2, 0) is 13.0 Å². The van der Waals surface area contributed by atoms with Crippen LogP contribution in [0.2, 0.25) is 0 Å². The maximum Gasteiger partial charge on any atom is 0.131 e. The molecule has 1 fully saturated rings. The lowest BCUT2D eigenvalue weighted by Crippen LogP contribution is -2.14. The molecular weight excluding hydrogens is 206 g/mol. The Kier molecular flexibility index (Phi) is 3.07. The van der Waals surface area contributed by atoms with Gasteiger partial charge in [0.15, 0.2) is 0 Å². The van der Waals surface area contributed by atoms with E-state index < -0.39 is 0 Å². The van der Waals surface area contributed by atoms with E-state index in [1.54, 1.807) is 11.3 Å². The Bertz CT molecular complexity index is 323. The second-order valence-corrected chi connectivity index (χ2v) is 6.63. The van der Waals surface area contributed by atoms with Gasteiger partial charge in [0.1, 0.15) is 10.0 Å². The van der Waals surface area contributed by atoms with E-state index in [1.807, 2.05) is 0 Å². The van der Waals surface area contributed by atoms with Gasteiger partial charge in [0.2, 0.25) is 0 Å². The fourth-order valence-electron chi connectivity index (χ4n) is 1.40. The van der Waals surface area contributed by atoms with Crippen LogP contribution in [0.15, 0.2) is 0 Å². The molecule has 1 aromatic rings. The summed E-state index contributed by atoms with van der Waals surface area (Å²) < 4.78 is 0. The fraction of sp³-hybridized carbons (Fsp3) is 0.818. The summed E-state index contributed by atoms with van der Waals surface area (Å²) in [5.74, 6) is 0. The number of nitrogens with zero attached hydrogens (tertiary/aromatic N) is 2. The summed E-state index contributed by atoms with van der Waals surface area (Å²) in [6.07, 6.45) is 3.68. The van der Waals surface area contributed by atoms with E-state index in [1.165, 1.54) is 12.8 Å². The van der Waals surface area contributed by atoms with Crippen LogP contribution in [-0.4, -0.2) is 16.2 Å². The third-order valence-electron chi connectivity index (χ3n) is 2.31. The van der Waals surface area contributed by atoms with E-state index in [4.69, 9.17) is 0 Å². The molecule has 1 heterocycles. The van der Waals surface area contributed by atoms with Crippen molar-refractivity contribution in [3.05, 3.63) is 10.0 Å². The fourth-order valence-corrected chi connectivity index (χ4v) is 2.50. The van der Waals surface area contributed by atoms with Crippen LogP contribution < -0.4 is 5.32 Å². The zero-order valence-electron chi connectivity index (χ0n) is 9.71. The van der Waals surface area contributed by atoms with Crippen molar-refractivity contribution >= 4 is 11.3 Å². The van der Waals surface area contributed by atoms with Gasteiger partial charge in [-0.05, 0) is 18.3 Å². The second-order valence-electron chi connectivity index (χ2n) is 5.48. The zero-order valence-corrected chi connectivity index (χ0v) is 10.5. The molecule has 0 aliphatic heterocycles. The lowest BCUT2D eigenvalue weighted by molar-refractivity contribution is 0.409. The third-order valence-corrected chi connectivity index (χ3v) is 3.23. The Hall–Kier alpha value is -0.480. The molecule has 0 aromatic carbocycles. The van der Waals surface area contributed by atoms with Crippen molar-refractivity contribution in [2.45, 2.75) is 52.6 Å². The number of hydrogen-bond acceptors (Lipinski definition) is 4. The van der Waals surface area contributed by atoms with Gasteiger partial charge in [0, 0.05) is 19.0 Å². The lowest BCUT2D eigenvalue weighted by Gasteiger charge is -2.14. The van der Waals surface area contributed by atoms with Crippen LogP contribution in [0.3, 0.4) is 0 Å². The lowest BCUT2D eigenvalue weighted by atomic mass is 9.93. The molecule has 1 aliphatic carbocycles. The molecule has 84 valence electrons. The Morgan fingerprint density at radius 3 is 2.53 bits per heavy atom. The van der Waals surface area contributed by atoms with Gasteiger partial charge in [-0.3, -0.25) is 0 Å². The predicted octanol–water partition coefficient (Wildman–Crippen LogP) is 2.38. The number of hydrogen-bond donors (Lipinski definition) is 1. The van der Waals surface area contributed by atoms with E-state index >= 15 is 0 Å². The molecule has 2 rings (SSSR count). The monoisotopic (exact) mass is 225 g/mol. The van der Waals surface area contributed by atoms with Crippen molar-refractivity contribution in [3.63, 3.8) is 0 Å². The molecule has 1 saturated carbocycles. The highest BCUT2D eigenvalue weighted by atomic mass is 32.1. The summed E-state index contributed by atoms with van der Waals surface area (Å²) in [4.78, 5) is 0. The molecule has 4 heteroatoms. The average Bonchev–Trinajstić information content (AvgIpc) is 2.83. The summed E-state index contributed by atoms with van der Waals surface area (Å²) in [5, 5.41) is 14.2. The molecule has 15 heavy (non-hydrogen) atoms. The number of rotatable bonds is 4. The summed E-state index contributed by atoms with van der Waals surface area (Å²) in [6.45, 7) is 7.59. The normalized spacial score (nSPS) is 17.0. The number of aromatic nitrogens is 2. The van der Waals surface area contributed by atoms with Crippen LogP contribution in [0.25, 0.3) is 0 Å². The molecule has 1 aliphatic rings. The first-order chi connectivity index (χ1) is 7.03. The van der Waals surface area contributed by atoms with Gasteiger partial charge in [-0.15, -0.1) is 21.5 Å². The van der Waals surface area contributed by atoms with Crippen molar-refractivity contribution in [3.8, 4) is 0 Å². The van der Waals surface area contributed by atoms with Crippen LogP contribution >= 0.6 is 11.3 Å². The van der Waals surface area contributed by atoms with Crippen LogP contribution in [0.5, 0.6) is 0 Å². The highest BCUT2D eigenvalue weighted by molar-refractivity contribution is 7.11. The Balaban J connectivity index is 1.85. The van der Waals surface area contributed by atoms with Crippen molar-refractivity contribution in [1.82, 2.24) is 15.5 Å². The van der Waals surface area contributed by atoms with Crippen molar-refractivity contribution in [1.29, 1.82) is 0 Å². The van der Waals surface area contributed by atoms with E-state index in [0.29, 0.717) is 5.41 Å². The summed E-state index contributed by atoms with van der Waals surface area (Å²) >= 11 is 1.74. The molecule has 0 atom stereocenters. The van der Waals surface area contributed by atoms with Gasteiger partial charge in [0.25, 0.3) is 0 Å². The first-order valence-electron chi connectivity index (χ1n) is 5.57. The maximum absolute atomic E-state index is 4.23. The molecule has 0 amide bonds. The Morgan fingerprint density at radius 2 is 1.93 bits per heavy atom. The Morgan fingerprint density at radius 1 is 1.27 bits per heavy atom. The highest BCUT2D eigenvalue weighted by Gasteiger charge is 2.21. The zero-order chi connectivity index (χ0) is 10.9. The van der Waals surface area contributed by atoms with Crippen LogP contribution in [0.4, 0.5) is 0 Å². The first-order valence-corrected chi connectivity index (χ1v) is 6.39. The molecule has 3 nitrogen and oxygen atoms in total. The van der Waals surface area contributed by atoms with Crippen molar-refractivity contribution in [2.24, 2.45) is 5.41 Å². The first kappa shape index (κ1) is 11.0. The van der Waals surface area contributed by atoms with Gasteiger partial charge in [-0.1, -0.05) is 20.8 Å². The predicted molar refractivity (Wildman–Crippen MR) is 62.9 cm³/mol. The van der Waals surface area contributed by atoms with E-state index in [0.717, 1.165) is 29.0 Å². The minimum Gasteiger partial charge on any atom is -0.308 e. The third kappa shape index (κ3) is 3.87. The molecule has 0 unspecified atom stereocenters. The molecule has 0 saturated heterocycles. The van der Waals surface area contributed by atoms with E-state index in [9.17, 15) is 0 Å². The van der Waals surface area contributed by atoms with Gasteiger partial charge in [0.05, 0.1) is 0 Å². The van der Waals surface area contributed by atoms with Crippen molar-refractivity contribution < 1.29 is 0 Å². The Labute approximate surface area is 95.3 Å². The molecule has 0 spiro atoms. The van der Waals surface area contributed by atoms with Gasteiger partial charge < -0.3 is 5.32 Å². The molecule has 1 N–H and O–H groups in total. The summed E-state index contributed by atoms with van der Waals surface area (Å²) in [7, 11) is 0. The quantitative estimate of drug-likeness (QED) is 0.855. The van der Waals surface area contributed by atoms with Gasteiger partial charge in [-0.2, -0.15) is 0 Å². The smallest absolute Gasteiger partial charge is 0.131 e. The molecule has 1 aromatic heterocycles. The highest BCUT2D eigenvalue weighted by Crippen LogP contribution is 2.23. The minimum atomic E-state index is 0.306. The second kappa shape index (κ2) is 4.18. The summed E-state index contributed by atoms with van der Waals surface area (Å²) in [6, 6.07) is 0.750. The molecule has 0 radical (unpaired) electrons. The largest absolute Gasteiger partial charge is 0.308 e. The average molecular weight is 225 g/mol. The molecule has 0 bridgehead atoms.